The van der Waals surface area contributed by atoms with Crippen LogP contribution in [0.15, 0.2) is 48.5 Å². The summed E-state index contributed by atoms with van der Waals surface area (Å²) in [5, 5.41) is 3.03. The van der Waals surface area contributed by atoms with Gasteiger partial charge in [0.25, 0.3) is 5.91 Å². The van der Waals surface area contributed by atoms with E-state index in [4.69, 9.17) is 10.5 Å². The second kappa shape index (κ2) is 8.88. The van der Waals surface area contributed by atoms with Crippen molar-refractivity contribution >= 4 is 24.0 Å². The van der Waals surface area contributed by atoms with Gasteiger partial charge in [0.05, 0.1) is 6.10 Å². The number of ether oxygens (including phenoxy) is 1. The summed E-state index contributed by atoms with van der Waals surface area (Å²) in [6.45, 7) is 3.46. The lowest BCUT2D eigenvalue weighted by molar-refractivity contribution is -0.0272. The van der Waals surface area contributed by atoms with E-state index in [0.717, 1.165) is 19.4 Å². The largest absolute Gasteiger partial charge is 0.399 e. The highest BCUT2D eigenvalue weighted by molar-refractivity contribution is 5.94. The van der Waals surface area contributed by atoms with Gasteiger partial charge in [-0.1, -0.05) is 35.9 Å². The van der Waals surface area contributed by atoms with Crippen molar-refractivity contribution in [2.24, 2.45) is 5.92 Å². The zero-order valence-corrected chi connectivity index (χ0v) is 15.2. The molecule has 2 atom stereocenters. The van der Waals surface area contributed by atoms with E-state index < -0.39 is 0 Å². The Hall–Kier alpha value is -2.04. The number of anilines is 1. The van der Waals surface area contributed by atoms with Crippen LogP contribution in [0.2, 0.25) is 0 Å². The van der Waals surface area contributed by atoms with Crippen LogP contribution in [-0.2, 0) is 4.74 Å². The fourth-order valence-electron chi connectivity index (χ4n) is 3.18. The smallest absolute Gasteiger partial charge is 0.251 e. The monoisotopic (exact) mass is 360 g/mol. The first kappa shape index (κ1) is 19.3. The molecule has 0 saturated carbocycles. The second-order valence-corrected chi connectivity index (χ2v) is 6.44. The molecule has 1 aliphatic heterocycles. The zero-order chi connectivity index (χ0) is 16.9. The molecule has 2 aromatic carbocycles. The first-order chi connectivity index (χ1) is 11.6. The van der Waals surface area contributed by atoms with Crippen molar-refractivity contribution in [2.75, 3.05) is 18.9 Å². The van der Waals surface area contributed by atoms with Crippen LogP contribution in [0, 0.1) is 12.8 Å². The van der Waals surface area contributed by atoms with E-state index in [1.165, 1.54) is 11.1 Å². The summed E-state index contributed by atoms with van der Waals surface area (Å²) < 4.78 is 6.00. The summed E-state index contributed by atoms with van der Waals surface area (Å²) >= 11 is 0. The van der Waals surface area contributed by atoms with Crippen LogP contribution in [0.3, 0.4) is 0 Å². The van der Waals surface area contributed by atoms with Gasteiger partial charge in [-0.15, -0.1) is 12.4 Å². The molecule has 3 rings (SSSR count). The molecule has 1 saturated heterocycles. The number of hydrogen-bond acceptors (Lipinski definition) is 3. The van der Waals surface area contributed by atoms with Crippen LogP contribution in [0.4, 0.5) is 5.69 Å². The lowest BCUT2D eigenvalue weighted by Crippen LogP contribution is -2.35. The fraction of sp³-hybridized carbons (Fsp3) is 0.350. The Morgan fingerprint density at radius 3 is 2.72 bits per heavy atom. The molecule has 0 aliphatic carbocycles. The van der Waals surface area contributed by atoms with Crippen molar-refractivity contribution in [1.82, 2.24) is 5.32 Å². The Balaban J connectivity index is 0.00000225. The molecule has 0 bridgehead atoms. The Bertz CT molecular complexity index is 703. The molecule has 1 aliphatic rings. The zero-order valence-electron chi connectivity index (χ0n) is 14.4. The molecular weight excluding hydrogens is 336 g/mol. The van der Waals surface area contributed by atoms with Crippen LogP contribution in [0.5, 0.6) is 0 Å². The first-order valence-electron chi connectivity index (χ1n) is 8.45. The lowest BCUT2D eigenvalue weighted by Gasteiger charge is -2.32. The van der Waals surface area contributed by atoms with E-state index in [1.54, 1.807) is 24.3 Å². The molecule has 0 aromatic heterocycles. The molecule has 2 unspecified atom stereocenters. The fourth-order valence-corrected chi connectivity index (χ4v) is 3.18. The average molecular weight is 361 g/mol. The number of hydrogen-bond donors (Lipinski definition) is 2. The number of amides is 1. The highest BCUT2D eigenvalue weighted by Crippen LogP contribution is 2.33. The summed E-state index contributed by atoms with van der Waals surface area (Å²) in [6.07, 6.45) is 2.12. The van der Waals surface area contributed by atoms with Gasteiger partial charge in [0.1, 0.15) is 0 Å². The van der Waals surface area contributed by atoms with Gasteiger partial charge in [-0.3, -0.25) is 4.79 Å². The van der Waals surface area contributed by atoms with Crippen LogP contribution >= 0.6 is 12.4 Å². The number of carbonyl (C=O) groups is 1. The van der Waals surface area contributed by atoms with E-state index in [9.17, 15) is 4.79 Å². The number of nitrogens with one attached hydrogen (secondary N) is 1. The maximum Gasteiger partial charge on any atom is 0.251 e. The number of carbonyl (C=O) groups excluding carboxylic acids is 1. The topological polar surface area (TPSA) is 64.3 Å². The highest BCUT2D eigenvalue weighted by Gasteiger charge is 2.27. The van der Waals surface area contributed by atoms with Crippen LogP contribution < -0.4 is 11.1 Å². The highest BCUT2D eigenvalue weighted by atomic mass is 35.5. The summed E-state index contributed by atoms with van der Waals surface area (Å²) in [7, 11) is 0. The number of aryl methyl sites for hydroxylation is 1. The Morgan fingerprint density at radius 2 is 2.00 bits per heavy atom. The van der Waals surface area contributed by atoms with E-state index >= 15 is 0 Å². The SMILES string of the molecule is Cc1ccc(C2OCCCC2CNC(=O)c2cccc(N)c2)cc1.Cl. The molecular formula is C20H25ClN2O2. The number of nitrogens with two attached hydrogens (primary N) is 1. The van der Waals surface area contributed by atoms with Gasteiger partial charge in [0.15, 0.2) is 0 Å². The number of benzene rings is 2. The van der Waals surface area contributed by atoms with Gasteiger partial charge in [0, 0.05) is 30.3 Å². The molecule has 2 aromatic rings. The Kier molecular flexibility index (Phi) is 6.85. The molecule has 3 N–H and O–H groups in total. The molecule has 4 nitrogen and oxygen atoms in total. The number of rotatable bonds is 4. The lowest BCUT2D eigenvalue weighted by atomic mass is 9.89. The molecule has 1 fully saturated rings. The Morgan fingerprint density at radius 1 is 1.24 bits per heavy atom. The van der Waals surface area contributed by atoms with Crippen molar-refractivity contribution < 1.29 is 9.53 Å². The minimum absolute atomic E-state index is 0. The van der Waals surface area contributed by atoms with Crippen molar-refractivity contribution in [2.45, 2.75) is 25.9 Å². The molecule has 0 spiro atoms. The molecule has 5 heteroatoms. The summed E-state index contributed by atoms with van der Waals surface area (Å²) in [4.78, 5) is 12.3. The van der Waals surface area contributed by atoms with E-state index in [1.807, 2.05) is 0 Å². The van der Waals surface area contributed by atoms with Crippen molar-refractivity contribution in [3.05, 3.63) is 65.2 Å². The van der Waals surface area contributed by atoms with Gasteiger partial charge in [-0.05, 0) is 43.5 Å². The van der Waals surface area contributed by atoms with Crippen molar-refractivity contribution in [1.29, 1.82) is 0 Å². The van der Waals surface area contributed by atoms with Crippen molar-refractivity contribution in [3.63, 3.8) is 0 Å². The third-order valence-electron chi connectivity index (χ3n) is 4.52. The van der Waals surface area contributed by atoms with Crippen molar-refractivity contribution in [3.8, 4) is 0 Å². The molecule has 134 valence electrons. The third kappa shape index (κ3) is 4.97. The maximum atomic E-state index is 12.3. The molecule has 25 heavy (non-hydrogen) atoms. The molecule has 1 heterocycles. The van der Waals surface area contributed by atoms with Gasteiger partial charge in [0.2, 0.25) is 0 Å². The quantitative estimate of drug-likeness (QED) is 0.813. The Labute approximate surface area is 155 Å². The summed E-state index contributed by atoms with van der Waals surface area (Å²) in [6, 6.07) is 15.5. The third-order valence-corrected chi connectivity index (χ3v) is 4.52. The maximum absolute atomic E-state index is 12.3. The van der Waals surface area contributed by atoms with E-state index in [0.29, 0.717) is 17.8 Å². The predicted octanol–water partition coefficient (Wildman–Crippen LogP) is 3.90. The predicted molar refractivity (Wildman–Crippen MR) is 103 cm³/mol. The second-order valence-electron chi connectivity index (χ2n) is 6.44. The number of halogens is 1. The normalized spacial score (nSPS) is 19.7. The van der Waals surface area contributed by atoms with Gasteiger partial charge in [-0.25, -0.2) is 0 Å². The van der Waals surface area contributed by atoms with Gasteiger partial charge in [-0.2, -0.15) is 0 Å². The van der Waals surface area contributed by atoms with Gasteiger partial charge >= 0.3 is 0 Å². The van der Waals surface area contributed by atoms with Crippen LogP contribution in [-0.4, -0.2) is 19.1 Å². The summed E-state index contributed by atoms with van der Waals surface area (Å²) in [5.41, 5.74) is 9.36. The van der Waals surface area contributed by atoms with E-state index in [-0.39, 0.29) is 30.3 Å². The summed E-state index contributed by atoms with van der Waals surface area (Å²) in [5.74, 6) is 0.196. The first-order valence-corrected chi connectivity index (χ1v) is 8.45. The minimum Gasteiger partial charge on any atom is -0.399 e. The van der Waals surface area contributed by atoms with E-state index in [2.05, 4.69) is 36.5 Å². The molecule has 0 radical (unpaired) electrons. The minimum atomic E-state index is -0.0875. The average Bonchev–Trinajstić information content (AvgIpc) is 2.61. The van der Waals surface area contributed by atoms with Gasteiger partial charge < -0.3 is 15.8 Å². The molecule has 1 amide bonds. The standard InChI is InChI=1S/C20H24N2O2.ClH/c1-14-7-9-15(10-8-14)19-17(5-3-11-24-19)13-22-20(23)16-4-2-6-18(21)12-16;/h2,4,6-10,12,17,19H,3,5,11,13,21H2,1H3,(H,22,23);1H. The number of nitrogen functional groups attached to an aromatic ring is 1. The van der Waals surface area contributed by atoms with Crippen LogP contribution in [0.25, 0.3) is 0 Å². The van der Waals surface area contributed by atoms with Crippen LogP contribution in [0.1, 0.15) is 40.4 Å².